The first-order valence-electron chi connectivity index (χ1n) is 19.5. The van der Waals surface area contributed by atoms with Crippen LogP contribution in [0.1, 0.15) is 88.6 Å². The van der Waals surface area contributed by atoms with E-state index >= 15 is 0 Å². The molecule has 0 aromatic heterocycles. The summed E-state index contributed by atoms with van der Waals surface area (Å²) < 4.78 is 0. The van der Waals surface area contributed by atoms with E-state index in [1.807, 2.05) is 36.4 Å². The first-order chi connectivity index (χ1) is 24.7. The maximum absolute atomic E-state index is 4.69. The number of para-hydroxylation sites is 3. The number of hydrogen-bond acceptors (Lipinski definition) is 0. The standard InChI is InChI=1S/3C13H21NP.C7H8.Lu.Ni/c3*1-11(2)15(12(3)4)10-14-13-8-6-5-7-9-13;1-7-5-3-2-4-6-7;;/h3*5-9,11-12H,10H2,1-4H3;2-6H,1H3;;/q3*-1;;;/p+3. The molecular weight excluding hydrogens is 921 g/mol. The fourth-order valence-corrected chi connectivity index (χ4v) is 13.1. The van der Waals surface area contributed by atoms with Gasteiger partial charge in [0.1, 0.15) is 0 Å². The first-order valence-corrected chi connectivity index (χ1v) is 25.1. The molecule has 0 aliphatic carbocycles. The average Bonchev–Trinajstić information content (AvgIpc) is 3.10. The van der Waals surface area contributed by atoms with E-state index in [0.717, 1.165) is 69.9 Å². The molecule has 0 N–H and O–H groups in total. The van der Waals surface area contributed by atoms with Gasteiger partial charge in [-0.15, -0.1) is 17.1 Å². The smallest absolute Gasteiger partial charge is 0.0607 e. The molecule has 0 atom stereocenters. The molecule has 54 heavy (non-hydrogen) atoms. The van der Waals surface area contributed by atoms with Gasteiger partial charge in [0.05, 0.1) is 34.0 Å². The van der Waals surface area contributed by atoms with Gasteiger partial charge in [0.25, 0.3) is 0 Å². The molecule has 4 aromatic rings. The normalized spacial score (nSPS) is 10.6. The Hall–Kier alpha value is -0.703. The van der Waals surface area contributed by atoms with E-state index in [1.54, 1.807) is 0 Å². The Morgan fingerprint density at radius 1 is 0.352 bits per heavy atom. The maximum Gasteiger partial charge on any atom is 0.0607 e. The van der Waals surface area contributed by atoms with Crippen molar-refractivity contribution in [2.24, 2.45) is 0 Å². The van der Waals surface area contributed by atoms with E-state index in [-0.39, 0.29) is 77.1 Å². The van der Waals surface area contributed by atoms with Gasteiger partial charge >= 0.3 is 0 Å². The number of aryl methyl sites for hydroxylation is 1. The van der Waals surface area contributed by atoms with Crippen molar-refractivity contribution in [3.05, 3.63) is 143 Å². The second kappa shape index (κ2) is 33.3. The molecule has 1 radical (unpaired) electrons. The van der Waals surface area contributed by atoms with Crippen LogP contribution in [-0.2, 0) is 16.5 Å². The Bertz CT molecular complexity index is 1210. The minimum absolute atomic E-state index is 0. The minimum atomic E-state index is -0.343. The van der Waals surface area contributed by atoms with Crippen LogP contribution in [0, 0.1) is 43.8 Å². The minimum Gasteiger partial charge on any atom is -0.652 e. The number of nitrogens with zero attached hydrogens (tertiary/aromatic N) is 3. The molecule has 0 bridgehead atoms. The first kappa shape index (κ1) is 55.4. The van der Waals surface area contributed by atoms with Crippen LogP contribution < -0.4 is 0 Å². The molecule has 0 fully saturated rings. The topological polar surface area (TPSA) is 42.3 Å². The summed E-state index contributed by atoms with van der Waals surface area (Å²) in [5, 5.41) is 14.1. The van der Waals surface area contributed by atoms with Gasteiger partial charge in [0.2, 0.25) is 0 Å². The van der Waals surface area contributed by atoms with E-state index < -0.39 is 0 Å². The monoisotopic (exact) mass is 994 g/mol. The van der Waals surface area contributed by atoms with E-state index in [9.17, 15) is 0 Å². The molecule has 0 amide bonds. The number of rotatable bonds is 15. The quantitative estimate of drug-likeness (QED) is 0.0841. The van der Waals surface area contributed by atoms with Crippen LogP contribution in [0.4, 0.5) is 17.1 Å². The molecule has 0 heterocycles. The van der Waals surface area contributed by atoms with Gasteiger partial charge in [0, 0.05) is 53.4 Å². The Balaban J connectivity index is 0. The third kappa shape index (κ3) is 26.3. The van der Waals surface area contributed by atoms with Crippen molar-refractivity contribution in [3.8, 4) is 0 Å². The van der Waals surface area contributed by atoms with Gasteiger partial charge in [-0.3, -0.25) is 0 Å². The Morgan fingerprint density at radius 2 is 0.537 bits per heavy atom. The maximum atomic E-state index is 4.69. The van der Waals surface area contributed by atoms with Crippen molar-refractivity contribution in [3.63, 3.8) is 0 Å². The van der Waals surface area contributed by atoms with Crippen molar-refractivity contribution in [2.75, 3.05) is 18.9 Å². The molecule has 0 aliphatic heterocycles. The Morgan fingerprint density at radius 3 is 0.685 bits per heavy atom. The predicted octanol–water partition coefficient (Wildman–Crippen LogP) is 16.0. The molecule has 3 nitrogen and oxygen atoms in total. The summed E-state index contributed by atoms with van der Waals surface area (Å²) in [4.78, 5) is 0. The van der Waals surface area contributed by atoms with Crippen LogP contribution in [0.5, 0.6) is 0 Å². The molecule has 4 aromatic carbocycles. The second-order valence-corrected chi connectivity index (χ2v) is 26.6. The van der Waals surface area contributed by atoms with Gasteiger partial charge in [-0.05, 0) is 133 Å². The van der Waals surface area contributed by atoms with Crippen LogP contribution in [0.25, 0.3) is 16.0 Å². The molecular formula is C46H74LuN3NiP3. The summed E-state index contributed by atoms with van der Waals surface area (Å²) in [6, 6.07) is 41.2. The largest absolute Gasteiger partial charge is 0.652 e. The molecule has 8 heteroatoms. The van der Waals surface area contributed by atoms with Crippen molar-refractivity contribution < 1.29 is 53.4 Å². The van der Waals surface area contributed by atoms with Crippen LogP contribution in [-0.4, -0.2) is 52.8 Å². The predicted molar refractivity (Wildman–Crippen MR) is 250 cm³/mol. The fraction of sp³-hybridized carbons (Fsp3) is 0.478. The van der Waals surface area contributed by atoms with E-state index in [2.05, 4.69) is 175 Å². The zero-order chi connectivity index (χ0) is 38.9. The van der Waals surface area contributed by atoms with Crippen molar-refractivity contribution in [1.29, 1.82) is 0 Å². The Kier molecular flexibility index (Phi) is 34.1. The fourth-order valence-electron chi connectivity index (χ4n) is 5.78. The SMILES string of the molecule is CC(C)[PH+](C[N-]c1ccccc1)C(C)C.CC(C)[PH+](C[N-]c1ccccc1)C(C)C.CC(C)[PH+](C[N-]c1ccccc1)C(C)C.Cc1ccccc1.[Lu].[Ni]. The Labute approximate surface area is 376 Å². The van der Waals surface area contributed by atoms with Crippen molar-refractivity contribution in [2.45, 2.75) is 124 Å². The van der Waals surface area contributed by atoms with Gasteiger partial charge in [-0.2, -0.15) is 0 Å². The third-order valence-corrected chi connectivity index (χ3v) is 19.5. The van der Waals surface area contributed by atoms with Gasteiger partial charge in [-0.1, -0.05) is 127 Å². The zero-order valence-electron chi connectivity index (χ0n) is 35.5. The van der Waals surface area contributed by atoms with Crippen LogP contribution in [0.15, 0.2) is 121 Å². The molecule has 313 valence electrons. The van der Waals surface area contributed by atoms with Gasteiger partial charge in [0.15, 0.2) is 0 Å². The molecule has 0 saturated heterocycles. The summed E-state index contributed by atoms with van der Waals surface area (Å²) in [6.07, 6.45) is 3.14. The summed E-state index contributed by atoms with van der Waals surface area (Å²) in [6.45, 7) is 30.0. The van der Waals surface area contributed by atoms with Crippen molar-refractivity contribution >= 4 is 40.8 Å². The van der Waals surface area contributed by atoms with E-state index in [4.69, 9.17) is 16.0 Å². The summed E-state index contributed by atoms with van der Waals surface area (Å²) in [5.74, 6) is 0. The average molecular weight is 996 g/mol. The molecule has 0 unspecified atom stereocenters. The van der Waals surface area contributed by atoms with Crippen molar-refractivity contribution in [1.82, 2.24) is 0 Å². The van der Waals surface area contributed by atoms with Gasteiger partial charge in [-0.25, -0.2) is 0 Å². The molecule has 0 aliphatic rings. The van der Waals surface area contributed by atoms with Gasteiger partial charge < -0.3 is 16.0 Å². The van der Waals surface area contributed by atoms with E-state index in [1.165, 1.54) is 5.56 Å². The number of benzene rings is 4. The molecule has 4 rings (SSSR count). The summed E-state index contributed by atoms with van der Waals surface area (Å²) >= 11 is 0. The summed E-state index contributed by atoms with van der Waals surface area (Å²) in [5.41, 5.74) is 9.55. The third-order valence-electron chi connectivity index (χ3n) is 8.99. The summed E-state index contributed by atoms with van der Waals surface area (Å²) in [7, 11) is -1.03. The zero-order valence-corrected chi connectivity index (χ0v) is 41.2. The number of hydrogen-bond donors (Lipinski definition) is 0. The van der Waals surface area contributed by atoms with Crippen LogP contribution in [0.2, 0.25) is 0 Å². The van der Waals surface area contributed by atoms with Crippen LogP contribution >= 0.6 is 23.8 Å². The second-order valence-electron chi connectivity index (χ2n) is 15.3. The molecule has 0 saturated carbocycles. The molecule has 0 spiro atoms. The van der Waals surface area contributed by atoms with E-state index in [0.29, 0.717) is 0 Å². The van der Waals surface area contributed by atoms with Crippen LogP contribution in [0.3, 0.4) is 0 Å².